The van der Waals surface area contributed by atoms with Gasteiger partial charge in [0.15, 0.2) is 5.82 Å². The number of carbonyl (C=O) groups is 1. The SMILES string of the molecule is Cc1nc(CN(C)C(=O)CCCCCCN)n[nH]1. The summed E-state index contributed by atoms with van der Waals surface area (Å²) in [4.78, 5) is 17.7. The molecule has 6 heteroatoms. The van der Waals surface area contributed by atoms with Crippen molar-refractivity contribution in [3.63, 3.8) is 0 Å². The number of hydrogen-bond acceptors (Lipinski definition) is 4. The lowest BCUT2D eigenvalue weighted by Gasteiger charge is -2.14. The Bertz CT molecular complexity index is 363. The first-order chi connectivity index (χ1) is 8.63. The third-order valence-electron chi connectivity index (χ3n) is 2.79. The smallest absolute Gasteiger partial charge is 0.222 e. The monoisotopic (exact) mass is 253 g/mol. The number of H-pyrrole nitrogens is 1. The van der Waals surface area contributed by atoms with Crippen molar-refractivity contribution in [3.8, 4) is 0 Å². The van der Waals surface area contributed by atoms with Crippen LogP contribution in [-0.2, 0) is 11.3 Å². The van der Waals surface area contributed by atoms with Gasteiger partial charge in [0.2, 0.25) is 5.91 Å². The summed E-state index contributed by atoms with van der Waals surface area (Å²) in [6.07, 6.45) is 4.73. The third-order valence-corrected chi connectivity index (χ3v) is 2.79. The van der Waals surface area contributed by atoms with Gasteiger partial charge < -0.3 is 10.6 Å². The van der Waals surface area contributed by atoms with Crippen molar-refractivity contribution < 1.29 is 4.79 Å². The van der Waals surface area contributed by atoms with Crippen LogP contribution < -0.4 is 5.73 Å². The largest absolute Gasteiger partial charge is 0.338 e. The Morgan fingerprint density at radius 3 is 2.67 bits per heavy atom. The minimum atomic E-state index is 0.144. The Morgan fingerprint density at radius 2 is 2.06 bits per heavy atom. The molecule has 1 aromatic heterocycles. The molecule has 0 spiro atoms. The van der Waals surface area contributed by atoms with Crippen molar-refractivity contribution in [1.82, 2.24) is 20.1 Å². The fourth-order valence-corrected chi connectivity index (χ4v) is 1.73. The van der Waals surface area contributed by atoms with Gasteiger partial charge in [0, 0.05) is 13.5 Å². The fraction of sp³-hybridized carbons (Fsp3) is 0.750. The van der Waals surface area contributed by atoms with Crippen LogP contribution in [0.3, 0.4) is 0 Å². The van der Waals surface area contributed by atoms with Crippen molar-refractivity contribution in [3.05, 3.63) is 11.6 Å². The summed E-state index contributed by atoms with van der Waals surface area (Å²) in [5.41, 5.74) is 5.41. The quantitative estimate of drug-likeness (QED) is 0.676. The Morgan fingerprint density at radius 1 is 1.33 bits per heavy atom. The molecule has 18 heavy (non-hydrogen) atoms. The van der Waals surface area contributed by atoms with Gasteiger partial charge in [0.05, 0.1) is 6.54 Å². The number of amides is 1. The number of aryl methyl sites for hydroxylation is 1. The number of nitrogens with two attached hydrogens (primary N) is 1. The second kappa shape index (κ2) is 7.81. The van der Waals surface area contributed by atoms with Gasteiger partial charge in [-0.15, -0.1) is 0 Å². The van der Waals surface area contributed by atoms with E-state index in [1.807, 2.05) is 6.92 Å². The van der Waals surface area contributed by atoms with Crippen LogP contribution in [0.2, 0.25) is 0 Å². The highest BCUT2D eigenvalue weighted by atomic mass is 16.2. The van der Waals surface area contributed by atoms with Crippen molar-refractivity contribution in [2.75, 3.05) is 13.6 Å². The molecular weight excluding hydrogens is 230 g/mol. The first-order valence-electron chi connectivity index (χ1n) is 6.45. The van der Waals surface area contributed by atoms with E-state index < -0.39 is 0 Å². The fourth-order valence-electron chi connectivity index (χ4n) is 1.73. The second-order valence-corrected chi connectivity index (χ2v) is 4.54. The first-order valence-corrected chi connectivity index (χ1v) is 6.45. The van der Waals surface area contributed by atoms with Gasteiger partial charge in [-0.05, 0) is 26.3 Å². The molecular formula is C12H23N5O. The van der Waals surface area contributed by atoms with E-state index in [0.29, 0.717) is 18.8 Å². The highest BCUT2D eigenvalue weighted by Gasteiger charge is 2.11. The highest BCUT2D eigenvalue weighted by molar-refractivity contribution is 5.75. The molecule has 0 unspecified atom stereocenters. The number of aromatic amines is 1. The van der Waals surface area contributed by atoms with E-state index in [9.17, 15) is 4.79 Å². The van der Waals surface area contributed by atoms with Gasteiger partial charge in [-0.3, -0.25) is 9.89 Å². The van der Waals surface area contributed by atoms with Gasteiger partial charge in [0.25, 0.3) is 0 Å². The highest BCUT2D eigenvalue weighted by Crippen LogP contribution is 2.06. The zero-order valence-corrected chi connectivity index (χ0v) is 11.3. The van der Waals surface area contributed by atoms with Crippen LogP contribution in [0.4, 0.5) is 0 Å². The normalized spacial score (nSPS) is 10.6. The van der Waals surface area contributed by atoms with Gasteiger partial charge >= 0.3 is 0 Å². The summed E-state index contributed by atoms with van der Waals surface area (Å²) in [7, 11) is 1.79. The lowest BCUT2D eigenvalue weighted by Crippen LogP contribution is -2.26. The van der Waals surface area contributed by atoms with E-state index in [0.717, 1.165) is 38.1 Å². The second-order valence-electron chi connectivity index (χ2n) is 4.54. The van der Waals surface area contributed by atoms with E-state index in [4.69, 9.17) is 5.73 Å². The number of nitrogens with zero attached hydrogens (tertiary/aromatic N) is 3. The van der Waals surface area contributed by atoms with Crippen molar-refractivity contribution in [2.24, 2.45) is 5.73 Å². The lowest BCUT2D eigenvalue weighted by atomic mass is 10.1. The molecule has 0 saturated heterocycles. The van der Waals surface area contributed by atoms with Gasteiger partial charge in [-0.2, -0.15) is 5.10 Å². The van der Waals surface area contributed by atoms with Gasteiger partial charge in [-0.25, -0.2) is 4.98 Å². The summed E-state index contributed by atoms with van der Waals surface area (Å²) in [5.74, 6) is 1.57. The molecule has 102 valence electrons. The summed E-state index contributed by atoms with van der Waals surface area (Å²) in [6.45, 7) is 3.04. The van der Waals surface area contributed by atoms with Crippen LogP contribution in [0.15, 0.2) is 0 Å². The standard InChI is InChI=1S/C12H23N5O/c1-10-14-11(16-15-10)9-17(2)12(18)7-5-3-4-6-8-13/h3-9,13H2,1-2H3,(H,14,15,16). The number of unbranched alkanes of at least 4 members (excludes halogenated alkanes) is 3. The van der Waals surface area contributed by atoms with Gasteiger partial charge in [0.1, 0.15) is 5.82 Å². The molecule has 0 bridgehead atoms. The topological polar surface area (TPSA) is 87.9 Å². The number of hydrogen-bond donors (Lipinski definition) is 2. The summed E-state index contributed by atoms with van der Waals surface area (Å²) in [5, 5.41) is 6.78. The predicted octanol–water partition coefficient (Wildman–Crippen LogP) is 0.981. The predicted molar refractivity (Wildman–Crippen MR) is 69.7 cm³/mol. The number of carbonyl (C=O) groups excluding carboxylic acids is 1. The van der Waals surface area contributed by atoms with E-state index in [1.165, 1.54) is 0 Å². The zero-order valence-electron chi connectivity index (χ0n) is 11.3. The molecule has 1 heterocycles. The molecule has 0 fully saturated rings. The Hall–Kier alpha value is -1.43. The van der Waals surface area contributed by atoms with Crippen LogP contribution in [0.1, 0.15) is 43.8 Å². The number of nitrogens with one attached hydrogen (secondary N) is 1. The van der Waals surface area contributed by atoms with Crippen LogP contribution in [-0.4, -0.2) is 39.6 Å². The third kappa shape index (κ3) is 5.27. The van der Waals surface area contributed by atoms with E-state index in [1.54, 1.807) is 11.9 Å². The average molecular weight is 253 g/mol. The van der Waals surface area contributed by atoms with Crippen molar-refractivity contribution in [2.45, 2.75) is 45.6 Å². The van der Waals surface area contributed by atoms with Crippen LogP contribution >= 0.6 is 0 Å². The minimum absolute atomic E-state index is 0.144. The van der Waals surface area contributed by atoms with Crippen LogP contribution in [0.5, 0.6) is 0 Å². The summed E-state index contributed by atoms with van der Waals surface area (Å²) < 4.78 is 0. The molecule has 1 rings (SSSR count). The molecule has 0 atom stereocenters. The molecule has 0 radical (unpaired) electrons. The molecule has 1 amide bonds. The summed E-state index contributed by atoms with van der Waals surface area (Å²) in [6, 6.07) is 0. The van der Waals surface area contributed by atoms with E-state index >= 15 is 0 Å². The maximum atomic E-state index is 11.8. The number of rotatable bonds is 8. The van der Waals surface area contributed by atoms with Crippen LogP contribution in [0.25, 0.3) is 0 Å². The molecule has 0 aliphatic carbocycles. The Kier molecular flexibility index (Phi) is 6.35. The molecule has 0 aliphatic rings. The zero-order chi connectivity index (χ0) is 13.4. The average Bonchev–Trinajstić information content (AvgIpc) is 2.74. The molecule has 3 N–H and O–H groups in total. The van der Waals surface area contributed by atoms with Gasteiger partial charge in [-0.1, -0.05) is 12.8 Å². The lowest BCUT2D eigenvalue weighted by molar-refractivity contribution is -0.130. The molecule has 0 aliphatic heterocycles. The van der Waals surface area contributed by atoms with E-state index in [2.05, 4.69) is 15.2 Å². The molecule has 1 aromatic rings. The minimum Gasteiger partial charge on any atom is -0.338 e. The Labute approximate surface area is 108 Å². The number of aromatic nitrogens is 3. The maximum Gasteiger partial charge on any atom is 0.222 e. The molecule has 6 nitrogen and oxygen atoms in total. The van der Waals surface area contributed by atoms with Crippen LogP contribution in [0, 0.1) is 6.92 Å². The molecule has 0 saturated carbocycles. The van der Waals surface area contributed by atoms with Crippen molar-refractivity contribution in [1.29, 1.82) is 0 Å². The van der Waals surface area contributed by atoms with E-state index in [-0.39, 0.29) is 5.91 Å². The summed E-state index contributed by atoms with van der Waals surface area (Å²) >= 11 is 0. The molecule has 0 aromatic carbocycles. The van der Waals surface area contributed by atoms with Crippen molar-refractivity contribution >= 4 is 5.91 Å². The Balaban J connectivity index is 2.20. The maximum absolute atomic E-state index is 11.8. The first kappa shape index (κ1) is 14.6.